The average Bonchev–Trinajstić information content (AvgIpc) is 3.66. The summed E-state index contributed by atoms with van der Waals surface area (Å²) in [5.74, 6) is -0.435. The van der Waals surface area contributed by atoms with Gasteiger partial charge >= 0.3 is 0 Å². The van der Waals surface area contributed by atoms with Gasteiger partial charge in [0.25, 0.3) is 11.8 Å². The van der Waals surface area contributed by atoms with Crippen LogP contribution in [-0.2, 0) is 27.4 Å². The summed E-state index contributed by atoms with van der Waals surface area (Å²) in [5.41, 5.74) is 6.58. The minimum absolute atomic E-state index is 0.00213. The summed E-state index contributed by atoms with van der Waals surface area (Å²) in [5, 5.41) is 9.62. The summed E-state index contributed by atoms with van der Waals surface area (Å²) in [6.45, 7) is 4.92. The van der Waals surface area contributed by atoms with Crippen LogP contribution in [-0.4, -0.2) is 65.7 Å². The first kappa shape index (κ1) is 32.4. The molecule has 48 heavy (non-hydrogen) atoms. The zero-order valence-electron chi connectivity index (χ0n) is 27.5. The summed E-state index contributed by atoms with van der Waals surface area (Å²) in [4.78, 5) is 29.8. The van der Waals surface area contributed by atoms with Crippen LogP contribution in [0.1, 0.15) is 75.1 Å². The predicted octanol–water partition coefficient (Wildman–Crippen LogP) is 6.54. The largest absolute Gasteiger partial charge is 0.392 e. The Balaban J connectivity index is 1.14. The number of imide groups is 1. The van der Waals surface area contributed by atoms with Crippen molar-refractivity contribution in [3.05, 3.63) is 130 Å². The zero-order valence-corrected chi connectivity index (χ0v) is 27.5. The van der Waals surface area contributed by atoms with Gasteiger partial charge in [0.2, 0.25) is 0 Å². The molecule has 8 heteroatoms. The first-order chi connectivity index (χ1) is 23.4. The van der Waals surface area contributed by atoms with Crippen LogP contribution in [0.5, 0.6) is 0 Å². The molecule has 0 aliphatic carbocycles. The van der Waals surface area contributed by atoms with E-state index in [1.807, 2.05) is 60.7 Å². The third-order valence-corrected chi connectivity index (χ3v) is 10.0. The molecule has 4 aromatic rings. The minimum atomic E-state index is -0.585. The van der Waals surface area contributed by atoms with E-state index >= 15 is 0 Å². The number of hydrogen-bond donors (Lipinski definition) is 1. The van der Waals surface area contributed by atoms with Crippen molar-refractivity contribution in [1.82, 2.24) is 9.80 Å². The number of nitrogens with zero attached hydrogens (tertiary/aromatic N) is 2. The highest BCUT2D eigenvalue weighted by Crippen LogP contribution is 2.43. The second kappa shape index (κ2) is 14.1. The number of benzene rings is 4. The summed E-state index contributed by atoms with van der Waals surface area (Å²) < 4.78 is 19.1. The normalized spacial score (nSPS) is 24.3. The standard InChI is InChI=1S/C40H42N2O6/c1-26-36(23-41-19-7-12-33(41)25-46-2)47-40(48-37(26)29-17-15-27(24-43)16-18-29)32-11-6-10-31(21-32)30-9-5-8-28(20-30)22-42-38(44)34-13-3-4-14-35(34)39(42)45/h3-6,8-11,13-18,20-21,26,33,36-37,40,43H,7,12,19,22-25H2,1-2H3. The molecule has 3 aliphatic rings. The molecule has 0 radical (unpaired) electrons. The highest BCUT2D eigenvalue weighted by atomic mass is 16.7. The number of likely N-dealkylation sites (tertiary alicyclic amines) is 1. The molecule has 248 valence electrons. The van der Waals surface area contributed by atoms with Gasteiger partial charge in [0.15, 0.2) is 6.29 Å². The van der Waals surface area contributed by atoms with E-state index in [1.165, 1.54) is 4.90 Å². The molecule has 1 N–H and O–H groups in total. The molecule has 5 unspecified atom stereocenters. The second-order valence-electron chi connectivity index (χ2n) is 13.1. The van der Waals surface area contributed by atoms with E-state index in [9.17, 15) is 14.7 Å². The molecule has 3 aliphatic heterocycles. The highest BCUT2D eigenvalue weighted by Gasteiger charge is 2.41. The summed E-state index contributed by atoms with van der Waals surface area (Å²) in [7, 11) is 1.76. The average molecular weight is 647 g/mol. The van der Waals surface area contributed by atoms with E-state index in [0.717, 1.165) is 59.3 Å². The fourth-order valence-electron chi connectivity index (χ4n) is 7.36. The van der Waals surface area contributed by atoms with Crippen molar-refractivity contribution in [3.63, 3.8) is 0 Å². The molecule has 0 aromatic heterocycles. The maximum absolute atomic E-state index is 13.0. The summed E-state index contributed by atoms with van der Waals surface area (Å²) >= 11 is 0. The van der Waals surface area contributed by atoms with Gasteiger partial charge in [0, 0.05) is 31.2 Å². The summed E-state index contributed by atoms with van der Waals surface area (Å²) in [6, 6.07) is 31.5. The molecule has 0 spiro atoms. The molecule has 3 heterocycles. The molecular weight excluding hydrogens is 604 g/mol. The Morgan fingerprint density at radius 3 is 2.23 bits per heavy atom. The number of carbonyl (C=O) groups is 2. The van der Waals surface area contributed by atoms with Crippen molar-refractivity contribution in [1.29, 1.82) is 0 Å². The fourth-order valence-corrected chi connectivity index (χ4v) is 7.36. The molecule has 2 fully saturated rings. The van der Waals surface area contributed by atoms with Crippen molar-refractivity contribution >= 4 is 11.8 Å². The third-order valence-electron chi connectivity index (χ3n) is 10.0. The van der Waals surface area contributed by atoms with Crippen LogP contribution in [0.4, 0.5) is 0 Å². The SMILES string of the molecule is COCC1CCCN1CC1OC(c2cccc(-c3cccc(CN4C(=O)c5ccccc5C4=O)c3)c2)OC(c2ccc(CO)cc2)C1C. The van der Waals surface area contributed by atoms with Crippen molar-refractivity contribution in [2.45, 2.75) is 57.5 Å². The number of rotatable bonds is 10. The summed E-state index contributed by atoms with van der Waals surface area (Å²) in [6.07, 6.45) is 1.41. The van der Waals surface area contributed by atoms with Crippen LogP contribution in [0, 0.1) is 5.92 Å². The smallest absolute Gasteiger partial charge is 0.261 e. The number of hydrogen-bond acceptors (Lipinski definition) is 7. The van der Waals surface area contributed by atoms with Crippen molar-refractivity contribution in [3.8, 4) is 11.1 Å². The molecule has 5 atom stereocenters. The van der Waals surface area contributed by atoms with E-state index in [0.29, 0.717) is 23.8 Å². The van der Waals surface area contributed by atoms with Gasteiger partial charge in [-0.3, -0.25) is 19.4 Å². The molecule has 0 saturated carbocycles. The van der Waals surface area contributed by atoms with Crippen molar-refractivity contribution in [2.24, 2.45) is 5.92 Å². The molecule has 8 nitrogen and oxygen atoms in total. The first-order valence-corrected chi connectivity index (χ1v) is 16.8. The molecule has 2 saturated heterocycles. The quantitative estimate of drug-likeness (QED) is 0.196. The Hall–Kier alpha value is -4.18. The number of amides is 2. The molecule has 2 amide bonds. The minimum Gasteiger partial charge on any atom is -0.392 e. The number of aliphatic hydroxyl groups is 1. The second-order valence-corrected chi connectivity index (χ2v) is 13.1. The maximum Gasteiger partial charge on any atom is 0.261 e. The van der Waals surface area contributed by atoms with Gasteiger partial charge in [0.1, 0.15) is 0 Å². The van der Waals surface area contributed by atoms with E-state index in [4.69, 9.17) is 14.2 Å². The van der Waals surface area contributed by atoms with Gasteiger partial charge in [-0.2, -0.15) is 0 Å². The Kier molecular flexibility index (Phi) is 9.52. The molecule has 0 bridgehead atoms. The first-order valence-electron chi connectivity index (χ1n) is 16.8. The Morgan fingerprint density at radius 2 is 1.52 bits per heavy atom. The van der Waals surface area contributed by atoms with Gasteiger partial charge in [-0.1, -0.05) is 79.7 Å². The van der Waals surface area contributed by atoms with Crippen LogP contribution in [0.3, 0.4) is 0 Å². The van der Waals surface area contributed by atoms with Crippen LogP contribution >= 0.6 is 0 Å². The molecule has 4 aromatic carbocycles. The lowest BCUT2D eigenvalue weighted by atomic mass is 9.89. The van der Waals surface area contributed by atoms with Gasteiger partial charge < -0.3 is 19.3 Å². The van der Waals surface area contributed by atoms with E-state index in [1.54, 1.807) is 31.4 Å². The maximum atomic E-state index is 13.0. The van der Waals surface area contributed by atoms with E-state index in [2.05, 4.69) is 24.0 Å². The van der Waals surface area contributed by atoms with Crippen molar-refractivity contribution < 1.29 is 28.9 Å². The number of fused-ring (bicyclic) bond motifs is 1. The number of aliphatic hydroxyl groups excluding tert-OH is 1. The van der Waals surface area contributed by atoms with Gasteiger partial charge in [-0.25, -0.2) is 0 Å². The number of methoxy groups -OCH3 is 1. The van der Waals surface area contributed by atoms with Crippen LogP contribution < -0.4 is 0 Å². The molecular formula is C40H42N2O6. The Labute approximate surface area is 281 Å². The van der Waals surface area contributed by atoms with Gasteiger partial charge in [-0.15, -0.1) is 0 Å². The van der Waals surface area contributed by atoms with Crippen LogP contribution in [0.25, 0.3) is 11.1 Å². The lowest BCUT2D eigenvalue weighted by Gasteiger charge is -2.43. The van der Waals surface area contributed by atoms with Crippen molar-refractivity contribution in [2.75, 3.05) is 26.8 Å². The zero-order chi connectivity index (χ0) is 33.2. The Bertz CT molecular complexity index is 1740. The van der Waals surface area contributed by atoms with Crippen LogP contribution in [0.2, 0.25) is 0 Å². The van der Waals surface area contributed by atoms with Gasteiger partial charge in [0.05, 0.1) is 43.1 Å². The Morgan fingerprint density at radius 1 is 0.812 bits per heavy atom. The third kappa shape index (κ3) is 6.46. The fraction of sp³-hybridized carbons (Fsp3) is 0.350. The lowest BCUT2D eigenvalue weighted by molar-refractivity contribution is -0.276. The molecule has 7 rings (SSSR count). The van der Waals surface area contributed by atoms with E-state index < -0.39 is 6.29 Å². The number of ether oxygens (including phenoxy) is 3. The monoisotopic (exact) mass is 646 g/mol. The lowest BCUT2D eigenvalue weighted by Crippen LogP contribution is -2.46. The topological polar surface area (TPSA) is 88.5 Å². The van der Waals surface area contributed by atoms with Crippen LogP contribution in [0.15, 0.2) is 97.1 Å². The van der Waals surface area contributed by atoms with Gasteiger partial charge in [-0.05, 0) is 71.5 Å². The van der Waals surface area contributed by atoms with E-state index in [-0.39, 0.29) is 43.1 Å². The highest BCUT2D eigenvalue weighted by molar-refractivity contribution is 6.21. The predicted molar refractivity (Wildman–Crippen MR) is 182 cm³/mol. The number of carbonyl (C=O) groups excluding carboxylic acids is 2.